The molecule has 5 N–H and O–H groups in total. The number of hydrogen-bond acceptors (Lipinski definition) is 7. The summed E-state index contributed by atoms with van der Waals surface area (Å²) < 4.78 is 43.2. The molecule has 0 spiro atoms. The van der Waals surface area contributed by atoms with Crippen molar-refractivity contribution in [1.82, 2.24) is 10.6 Å². The average Bonchev–Trinajstić information content (AvgIpc) is 3.35. The molecule has 1 atom stereocenters. The van der Waals surface area contributed by atoms with Crippen LogP contribution in [0, 0.1) is 11.8 Å². The molecule has 0 radical (unpaired) electrons. The Labute approximate surface area is 222 Å². The zero-order valence-corrected chi connectivity index (χ0v) is 21.3. The molecule has 38 heavy (non-hydrogen) atoms. The number of benzene rings is 1. The number of alkyl halides is 3. The van der Waals surface area contributed by atoms with Gasteiger partial charge in [0.25, 0.3) is 5.91 Å². The van der Waals surface area contributed by atoms with Crippen molar-refractivity contribution in [1.29, 1.82) is 0 Å². The first kappa shape index (κ1) is 28.1. The second-order valence-corrected chi connectivity index (χ2v) is 10.0. The molecular weight excluding hydrogens is 529 g/mol. The van der Waals surface area contributed by atoms with Crippen LogP contribution >= 0.6 is 11.6 Å². The number of nitrogens with two attached hydrogens (primary N) is 1. The van der Waals surface area contributed by atoms with Gasteiger partial charge in [-0.15, -0.1) is 0 Å². The Balaban J connectivity index is 1.40. The summed E-state index contributed by atoms with van der Waals surface area (Å²) in [7, 11) is 0. The first-order valence-electron chi connectivity index (χ1n) is 12.4. The zero-order valence-electron chi connectivity index (χ0n) is 20.6. The van der Waals surface area contributed by atoms with E-state index in [2.05, 4.69) is 20.5 Å². The van der Waals surface area contributed by atoms with Crippen LogP contribution in [0.1, 0.15) is 25.7 Å². The minimum absolute atomic E-state index is 0.129. The Morgan fingerprint density at radius 1 is 1.18 bits per heavy atom. The van der Waals surface area contributed by atoms with Crippen LogP contribution in [0.4, 0.5) is 24.5 Å². The fourth-order valence-electron chi connectivity index (χ4n) is 5.36. The lowest BCUT2D eigenvalue weighted by Crippen LogP contribution is -2.66. The molecule has 4 rings (SSSR count). The van der Waals surface area contributed by atoms with Crippen LogP contribution in [0.5, 0.6) is 0 Å². The van der Waals surface area contributed by atoms with Crippen LogP contribution in [-0.4, -0.2) is 74.7 Å². The maximum atomic E-state index is 13.1. The minimum atomic E-state index is -4.62. The summed E-state index contributed by atoms with van der Waals surface area (Å²) in [5.41, 5.74) is 5.03. The fourth-order valence-corrected chi connectivity index (χ4v) is 5.52. The van der Waals surface area contributed by atoms with E-state index in [1.807, 2.05) is 12.1 Å². The standard InChI is InChI=1S/C24H30ClF3N6O4/c25-17-6-5-16(34-7-9-38-10-8-34)11-18(17)33-20(35)14-1-3-15(4-2-14)24(22(29)37)19(31-13-32-24)21(36)30-12-23(26,27)28/h5-6,11,14-15,32H,1-4,7-10,12-13H2,(H2,29,37)(H,30,36)(H,33,35). The molecule has 14 heteroatoms. The number of amides is 3. The zero-order chi connectivity index (χ0) is 27.5. The van der Waals surface area contributed by atoms with Gasteiger partial charge in [-0.3, -0.25) is 24.7 Å². The molecule has 3 aliphatic rings. The largest absolute Gasteiger partial charge is 0.405 e. The normalized spacial score (nSPS) is 26.0. The maximum Gasteiger partial charge on any atom is 0.405 e. The average molecular weight is 559 g/mol. The highest BCUT2D eigenvalue weighted by molar-refractivity contribution is 6.47. The summed E-state index contributed by atoms with van der Waals surface area (Å²) in [5.74, 6) is -3.12. The van der Waals surface area contributed by atoms with Crippen LogP contribution in [0.25, 0.3) is 0 Å². The minimum Gasteiger partial charge on any atom is -0.378 e. The lowest BCUT2D eigenvalue weighted by atomic mass is 9.69. The van der Waals surface area contributed by atoms with Gasteiger partial charge in [-0.1, -0.05) is 11.6 Å². The summed E-state index contributed by atoms with van der Waals surface area (Å²) >= 11 is 6.34. The number of morpholine rings is 1. The summed E-state index contributed by atoms with van der Waals surface area (Å²) in [6.45, 7) is 1.01. The van der Waals surface area contributed by atoms with Gasteiger partial charge in [0.1, 0.15) is 17.8 Å². The molecule has 3 amide bonds. The molecule has 1 aliphatic carbocycles. The van der Waals surface area contributed by atoms with E-state index >= 15 is 0 Å². The Kier molecular flexibility index (Phi) is 8.48. The third-order valence-electron chi connectivity index (χ3n) is 7.32. The van der Waals surface area contributed by atoms with Gasteiger partial charge >= 0.3 is 6.18 Å². The summed E-state index contributed by atoms with van der Waals surface area (Å²) in [6.07, 6.45) is -3.19. The number of ether oxygens (including phenoxy) is 1. The molecule has 10 nitrogen and oxygen atoms in total. The molecule has 2 heterocycles. The van der Waals surface area contributed by atoms with Crippen molar-refractivity contribution in [2.45, 2.75) is 37.4 Å². The van der Waals surface area contributed by atoms with Crippen molar-refractivity contribution in [3.8, 4) is 0 Å². The second-order valence-electron chi connectivity index (χ2n) is 9.61. The first-order valence-corrected chi connectivity index (χ1v) is 12.8. The monoisotopic (exact) mass is 558 g/mol. The van der Waals surface area contributed by atoms with Gasteiger partial charge in [-0.25, -0.2) is 0 Å². The topological polar surface area (TPSA) is 138 Å². The van der Waals surface area contributed by atoms with Gasteiger partial charge in [-0.2, -0.15) is 13.2 Å². The predicted molar refractivity (Wildman–Crippen MR) is 135 cm³/mol. The van der Waals surface area contributed by atoms with Crippen molar-refractivity contribution < 1.29 is 32.3 Å². The fraction of sp³-hybridized carbons (Fsp3) is 0.583. The lowest BCUT2D eigenvalue weighted by molar-refractivity contribution is -0.135. The SMILES string of the molecule is NC(=O)C1(C2CCC(C(=O)Nc3cc(N4CCOCC4)ccc3Cl)CC2)NCN=C1C(=O)NCC(F)(F)F. The number of carbonyl (C=O) groups is 3. The van der Waals surface area contributed by atoms with Gasteiger partial charge < -0.3 is 26.0 Å². The smallest absolute Gasteiger partial charge is 0.378 e. The molecule has 0 aromatic heterocycles. The Morgan fingerprint density at radius 3 is 2.50 bits per heavy atom. The quantitative estimate of drug-likeness (QED) is 0.403. The van der Waals surface area contributed by atoms with Crippen LogP contribution in [0.15, 0.2) is 23.2 Å². The van der Waals surface area contributed by atoms with Gasteiger partial charge in [0.2, 0.25) is 11.8 Å². The van der Waals surface area contributed by atoms with Crippen molar-refractivity contribution in [2.75, 3.05) is 49.7 Å². The molecule has 1 aromatic carbocycles. The van der Waals surface area contributed by atoms with E-state index in [1.54, 1.807) is 11.4 Å². The Bertz CT molecular complexity index is 1100. The molecule has 1 unspecified atom stereocenters. The van der Waals surface area contributed by atoms with Crippen LogP contribution in [0.2, 0.25) is 5.02 Å². The number of nitrogens with zero attached hydrogens (tertiary/aromatic N) is 2. The third-order valence-corrected chi connectivity index (χ3v) is 7.65. The van der Waals surface area contributed by atoms with Crippen LogP contribution in [-0.2, 0) is 19.1 Å². The van der Waals surface area contributed by atoms with E-state index in [1.165, 1.54) is 0 Å². The van der Waals surface area contributed by atoms with E-state index in [4.69, 9.17) is 22.1 Å². The van der Waals surface area contributed by atoms with Crippen molar-refractivity contribution in [2.24, 2.45) is 22.6 Å². The van der Waals surface area contributed by atoms with Gasteiger partial charge in [-0.05, 0) is 49.8 Å². The molecule has 208 valence electrons. The summed E-state index contributed by atoms with van der Waals surface area (Å²) in [6, 6.07) is 5.44. The number of halogens is 4. The van der Waals surface area contributed by atoms with E-state index in [0.717, 1.165) is 18.8 Å². The number of nitrogens with one attached hydrogen (secondary N) is 3. The van der Waals surface area contributed by atoms with E-state index in [0.29, 0.717) is 49.6 Å². The highest BCUT2D eigenvalue weighted by Gasteiger charge is 2.54. The van der Waals surface area contributed by atoms with Crippen molar-refractivity contribution in [3.63, 3.8) is 0 Å². The molecule has 1 saturated carbocycles. The molecule has 1 saturated heterocycles. The summed E-state index contributed by atoms with van der Waals surface area (Å²) in [4.78, 5) is 44.3. The number of anilines is 2. The maximum absolute atomic E-state index is 13.1. The van der Waals surface area contributed by atoms with Gasteiger partial charge in [0.05, 0.1) is 30.6 Å². The van der Waals surface area contributed by atoms with Crippen molar-refractivity contribution in [3.05, 3.63) is 23.2 Å². The Morgan fingerprint density at radius 2 is 1.87 bits per heavy atom. The number of rotatable bonds is 7. The molecule has 2 fully saturated rings. The van der Waals surface area contributed by atoms with Crippen LogP contribution in [0.3, 0.4) is 0 Å². The highest BCUT2D eigenvalue weighted by atomic mass is 35.5. The van der Waals surface area contributed by atoms with Gasteiger partial charge in [0.15, 0.2) is 0 Å². The highest BCUT2D eigenvalue weighted by Crippen LogP contribution is 2.39. The second kappa shape index (κ2) is 11.5. The molecular formula is C24H30ClF3N6O4. The predicted octanol–water partition coefficient (Wildman–Crippen LogP) is 1.83. The van der Waals surface area contributed by atoms with E-state index in [-0.39, 0.29) is 24.2 Å². The number of hydrogen-bond donors (Lipinski definition) is 4. The van der Waals surface area contributed by atoms with E-state index < -0.39 is 36.0 Å². The number of primary amides is 1. The molecule has 1 aromatic rings. The first-order chi connectivity index (χ1) is 18.0. The molecule has 2 aliphatic heterocycles. The summed E-state index contributed by atoms with van der Waals surface area (Å²) in [5, 5.41) is 7.92. The van der Waals surface area contributed by atoms with Crippen LogP contribution < -0.4 is 26.6 Å². The Hall–Kier alpha value is -2.90. The lowest BCUT2D eigenvalue weighted by Gasteiger charge is -2.39. The van der Waals surface area contributed by atoms with E-state index in [9.17, 15) is 27.6 Å². The van der Waals surface area contributed by atoms with Crippen molar-refractivity contribution >= 4 is 46.4 Å². The molecule has 0 bridgehead atoms. The number of aliphatic imine (C=N–C) groups is 1. The number of carbonyl (C=O) groups excluding carboxylic acids is 3. The van der Waals surface area contributed by atoms with Gasteiger partial charge in [0, 0.05) is 24.7 Å². The third kappa shape index (κ3) is 6.05.